The zero-order valence-corrected chi connectivity index (χ0v) is 8.99. The summed E-state index contributed by atoms with van der Waals surface area (Å²) in [6.45, 7) is 6.55. The van der Waals surface area contributed by atoms with Gasteiger partial charge in [-0.15, -0.1) is 0 Å². The van der Waals surface area contributed by atoms with Gasteiger partial charge in [-0.05, 0) is 20.8 Å². The van der Waals surface area contributed by atoms with E-state index in [1.54, 1.807) is 20.8 Å². The summed E-state index contributed by atoms with van der Waals surface area (Å²) in [7, 11) is 0. The molecule has 2 atom stereocenters. The molecule has 0 aliphatic carbocycles. The molecular formula is C10H16O4. The number of Topliss-reactive ketones (excluding diaryl/α,β-unsaturated/α-hetero) is 2. The van der Waals surface area contributed by atoms with Crippen LogP contribution in [0.4, 0.5) is 0 Å². The third-order valence-electron chi connectivity index (χ3n) is 2.16. The first-order valence-electron chi connectivity index (χ1n) is 4.76. The molecule has 0 spiro atoms. The van der Waals surface area contributed by atoms with Gasteiger partial charge in [0.15, 0.2) is 29.6 Å². The number of ketones is 2. The van der Waals surface area contributed by atoms with Crippen molar-refractivity contribution in [2.45, 2.75) is 52.1 Å². The molecule has 80 valence electrons. The van der Waals surface area contributed by atoms with Crippen LogP contribution in [-0.2, 0) is 19.1 Å². The van der Waals surface area contributed by atoms with Gasteiger partial charge in [0.25, 0.3) is 0 Å². The highest BCUT2D eigenvalue weighted by Crippen LogP contribution is 2.29. The van der Waals surface area contributed by atoms with Crippen molar-refractivity contribution in [1.82, 2.24) is 0 Å². The van der Waals surface area contributed by atoms with Crippen LogP contribution < -0.4 is 0 Å². The van der Waals surface area contributed by atoms with Gasteiger partial charge in [0.2, 0.25) is 0 Å². The van der Waals surface area contributed by atoms with E-state index in [0.717, 1.165) is 0 Å². The summed E-state index contributed by atoms with van der Waals surface area (Å²) in [4.78, 5) is 22.7. The number of carbonyl (C=O) groups excluding carboxylic acids is 2. The normalized spacial score (nSPS) is 30.3. The lowest BCUT2D eigenvalue weighted by atomic mass is 10.1. The van der Waals surface area contributed by atoms with E-state index in [9.17, 15) is 9.59 Å². The quantitative estimate of drug-likeness (QED) is 0.684. The van der Waals surface area contributed by atoms with Crippen molar-refractivity contribution in [3.63, 3.8) is 0 Å². The lowest BCUT2D eigenvalue weighted by Crippen LogP contribution is -2.35. The van der Waals surface area contributed by atoms with Crippen LogP contribution in [0.15, 0.2) is 0 Å². The number of hydrogen-bond donors (Lipinski definition) is 0. The maximum Gasteiger partial charge on any atom is 0.165 e. The summed E-state index contributed by atoms with van der Waals surface area (Å²) in [6.07, 6.45) is -1.11. The van der Waals surface area contributed by atoms with Crippen LogP contribution in [0.1, 0.15) is 34.1 Å². The van der Waals surface area contributed by atoms with Crippen LogP contribution in [0.2, 0.25) is 0 Å². The van der Waals surface area contributed by atoms with Gasteiger partial charge in [0.05, 0.1) is 0 Å². The molecule has 0 radical (unpaired) electrons. The molecule has 1 rings (SSSR count). The molecule has 0 aromatic carbocycles. The number of hydrogen-bond acceptors (Lipinski definition) is 4. The van der Waals surface area contributed by atoms with Crippen LogP contribution in [-0.4, -0.2) is 29.6 Å². The molecular weight excluding hydrogens is 184 g/mol. The molecule has 0 N–H and O–H groups in total. The van der Waals surface area contributed by atoms with Crippen molar-refractivity contribution in [2.24, 2.45) is 0 Å². The Kier molecular flexibility index (Phi) is 3.07. The van der Waals surface area contributed by atoms with Crippen molar-refractivity contribution in [2.75, 3.05) is 0 Å². The van der Waals surface area contributed by atoms with Crippen molar-refractivity contribution in [3.8, 4) is 0 Å². The second-order valence-electron chi connectivity index (χ2n) is 3.91. The van der Waals surface area contributed by atoms with Gasteiger partial charge < -0.3 is 9.47 Å². The molecule has 4 nitrogen and oxygen atoms in total. The Bertz CT molecular complexity index is 257. The molecule has 1 heterocycles. The molecule has 14 heavy (non-hydrogen) atoms. The number of rotatable bonds is 3. The second-order valence-corrected chi connectivity index (χ2v) is 3.91. The zero-order chi connectivity index (χ0) is 10.9. The van der Waals surface area contributed by atoms with Crippen molar-refractivity contribution in [1.29, 1.82) is 0 Å². The summed E-state index contributed by atoms with van der Waals surface area (Å²) >= 11 is 0. The van der Waals surface area contributed by atoms with E-state index in [4.69, 9.17) is 9.47 Å². The third-order valence-corrected chi connectivity index (χ3v) is 2.16. The van der Waals surface area contributed by atoms with Crippen LogP contribution in [0, 0.1) is 0 Å². The standard InChI is InChI=1S/C10H16O4/c1-5-7(12)9-8(6(2)11)13-10(3,4)14-9/h8-9H,5H2,1-4H3/t8-,9+/m0/s1. The van der Waals surface area contributed by atoms with Crippen molar-refractivity contribution >= 4 is 11.6 Å². The number of carbonyl (C=O) groups is 2. The Labute approximate surface area is 83.6 Å². The fraction of sp³-hybridized carbons (Fsp3) is 0.800. The highest BCUT2D eigenvalue weighted by molar-refractivity contribution is 5.92. The Morgan fingerprint density at radius 2 is 1.71 bits per heavy atom. The highest BCUT2D eigenvalue weighted by atomic mass is 16.8. The average molecular weight is 200 g/mol. The SMILES string of the molecule is CCC(=O)[C@H]1OC(C)(C)O[C@H]1C(C)=O. The van der Waals surface area contributed by atoms with E-state index in [1.165, 1.54) is 6.92 Å². The zero-order valence-electron chi connectivity index (χ0n) is 8.99. The smallest absolute Gasteiger partial charge is 0.165 e. The minimum absolute atomic E-state index is 0.0872. The number of ether oxygens (including phenoxy) is 2. The maximum absolute atomic E-state index is 11.5. The van der Waals surface area contributed by atoms with Gasteiger partial charge in [-0.2, -0.15) is 0 Å². The molecule has 4 heteroatoms. The third kappa shape index (κ3) is 2.19. The fourth-order valence-electron chi connectivity index (χ4n) is 1.49. The van der Waals surface area contributed by atoms with Crippen LogP contribution in [0.3, 0.4) is 0 Å². The van der Waals surface area contributed by atoms with Crippen LogP contribution in [0.25, 0.3) is 0 Å². The van der Waals surface area contributed by atoms with E-state index < -0.39 is 18.0 Å². The van der Waals surface area contributed by atoms with E-state index in [-0.39, 0.29) is 11.6 Å². The van der Waals surface area contributed by atoms with Gasteiger partial charge in [0.1, 0.15) is 0 Å². The van der Waals surface area contributed by atoms with E-state index >= 15 is 0 Å². The maximum atomic E-state index is 11.5. The van der Waals surface area contributed by atoms with Crippen LogP contribution in [0.5, 0.6) is 0 Å². The van der Waals surface area contributed by atoms with Crippen molar-refractivity contribution in [3.05, 3.63) is 0 Å². The molecule has 0 unspecified atom stereocenters. The van der Waals surface area contributed by atoms with Crippen LogP contribution >= 0.6 is 0 Å². The Balaban J connectivity index is 2.83. The first-order chi connectivity index (χ1) is 6.37. The summed E-state index contributed by atoms with van der Waals surface area (Å²) < 4.78 is 10.7. The molecule has 1 fully saturated rings. The Hall–Kier alpha value is -0.740. The van der Waals surface area contributed by atoms with Gasteiger partial charge in [-0.25, -0.2) is 0 Å². The molecule has 0 amide bonds. The predicted molar refractivity (Wildman–Crippen MR) is 49.8 cm³/mol. The molecule has 0 aromatic rings. The largest absolute Gasteiger partial charge is 0.336 e. The van der Waals surface area contributed by atoms with E-state index in [1.807, 2.05) is 0 Å². The average Bonchev–Trinajstić information content (AvgIpc) is 2.40. The first-order valence-corrected chi connectivity index (χ1v) is 4.76. The van der Waals surface area contributed by atoms with E-state index in [0.29, 0.717) is 6.42 Å². The van der Waals surface area contributed by atoms with Gasteiger partial charge in [-0.1, -0.05) is 6.92 Å². The minimum atomic E-state index is -0.841. The highest BCUT2D eigenvalue weighted by Gasteiger charge is 2.46. The topological polar surface area (TPSA) is 52.6 Å². The van der Waals surface area contributed by atoms with E-state index in [2.05, 4.69) is 0 Å². The Morgan fingerprint density at radius 1 is 1.21 bits per heavy atom. The van der Waals surface area contributed by atoms with Gasteiger partial charge >= 0.3 is 0 Å². The fourth-order valence-corrected chi connectivity index (χ4v) is 1.49. The van der Waals surface area contributed by atoms with Gasteiger partial charge in [0, 0.05) is 6.42 Å². The predicted octanol–water partition coefficient (Wildman–Crippen LogP) is 1.07. The summed E-state index contributed by atoms with van der Waals surface area (Å²) in [5, 5.41) is 0. The molecule has 0 saturated carbocycles. The van der Waals surface area contributed by atoms with Gasteiger partial charge in [-0.3, -0.25) is 9.59 Å². The summed E-state index contributed by atoms with van der Waals surface area (Å²) in [6, 6.07) is 0. The lowest BCUT2D eigenvalue weighted by Gasteiger charge is -2.15. The molecule has 1 aliphatic heterocycles. The lowest BCUT2D eigenvalue weighted by molar-refractivity contribution is -0.157. The molecule has 0 aromatic heterocycles. The summed E-state index contributed by atoms with van der Waals surface area (Å²) in [5.41, 5.74) is 0. The van der Waals surface area contributed by atoms with Crippen molar-refractivity contribution < 1.29 is 19.1 Å². The second kappa shape index (κ2) is 3.79. The minimum Gasteiger partial charge on any atom is -0.336 e. The Morgan fingerprint density at radius 3 is 2.14 bits per heavy atom. The summed E-state index contributed by atoms with van der Waals surface area (Å²) in [5.74, 6) is -1.09. The first kappa shape index (κ1) is 11.3. The molecule has 0 bridgehead atoms. The monoisotopic (exact) mass is 200 g/mol. The molecule has 1 aliphatic rings. The molecule has 1 saturated heterocycles.